The number of rotatable bonds is 5. The van der Waals surface area contributed by atoms with Crippen molar-refractivity contribution < 1.29 is 13.2 Å². The zero-order valence-electron chi connectivity index (χ0n) is 15.4. The van der Waals surface area contributed by atoms with Crippen LogP contribution in [0.2, 0.25) is 0 Å². The van der Waals surface area contributed by atoms with Crippen LogP contribution in [0.15, 0.2) is 30.3 Å². The molecule has 0 saturated carbocycles. The van der Waals surface area contributed by atoms with Gasteiger partial charge < -0.3 is 10.6 Å². The van der Waals surface area contributed by atoms with Gasteiger partial charge in [-0.3, -0.25) is 9.69 Å². The fourth-order valence-electron chi connectivity index (χ4n) is 4.07. The van der Waals surface area contributed by atoms with E-state index in [1.54, 1.807) is 0 Å². The molecule has 1 unspecified atom stereocenters. The first-order valence-corrected chi connectivity index (χ1v) is 11.3. The molecule has 1 aromatic carbocycles. The number of nitrogens with zero attached hydrogens (tertiary/aromatic N) is 1. The number of hydrogen-bond donors (Lipinski definition) is 2. The molecule has 2 saturated heterocycles. The Morgan fingerprint density at radius 1 is 1.27 bits per heavy atom. The quantitative estimate of drug-likeness (QED) is 0.796. The van der Waals surface area contributed by atoms with E-state index in [0.29, 0.717) is 25.9 Å². The summed E-state index contributed by atoms with van der Waals surface area (Å²) in [6.07, 6.45) is 3.79. The fourth-order valence-corrected chi connectivity index (χ4v) is 5.41. The molecular formula is C19H29N3O3S. The highest BCUT2D eigenvalue weighted by Crippen LogP contribution is 2.28. The third-order valence-electron chi connectivity index (χ3n) is 5.62. The van der Waals surface area contributed by atoms with Gasteiger partial charge in [0.25, 0.3) is 0 Å². The Morgan fingerprint density at radius 2 is 1.96 bits per heavy atom. The first kappa shape index (κ1) is 19.3. The molecule has 7 heteroatoms. The van der Waals surface area contributed by atoms with Gasteiger partial charge in [0.1, 0.15) is 0 Å². The topological polar surface area (TPSA) is 78.5 Å². The molecule has 0 radical (unpaired) electrons. The van der Waals surface area contributed by atoms with Gasteiger partial charge in [-0.2, -0.15) is 0 Å². The van der Waals surface area contributed by atoms with Gasteiger partial charge in [-0.15, -0.1) is 0 Å². The van der Waals surface area contributed by atoms with Crippen LogP contribution in [0.25, 0.3) is 0 Å². The van der Waals surface area contributed by atoms with Crippen molar-refractivity contribution in [3.63, 3.8) is 0 Å². The van der Waals surface area contributed by atoms with Crippen molar-refractivity contribution in [2.24, 2.45) is 0 Å². The van der Waals surface area contributed by atoms with Gasteiger partial charge in [0, 0.05) is 25.4 Å². The Morgan fingerprint density at radius 3 is 2.62 bits per heavy atom. The Kier molecular flexibility index (Phi) is 5.99. The Bertz CT molecular complexity index is 715. The number of hydrogen-bond acceptors (Lipinski definition) is 5. The number of amides is 1. The van der Waals surface area contributed by atoms with E-state index in [9.17, 15) is 13.2 Å². The summed E-state index contributed by atoms with van der Waals surface area (Å²) in [4.78, 5) is 15.3. The van der Waals surface area contributed by atoms with Crippen molar-refractivity contribution in [2.75, 3.05) is 32.4 Å². The van der Waals surface area contributed by atoms with Crippen LogP contribution in [0.3, 0.4) is 0 Å². The van der Waals surface area contributed by atoms with E-state index in [1.165, 1.54) is 11.8 Å². The largest absolute Gasteiger partial charge is 0.351 e. The lowest BCUT2D eigenvalue weighted by atomic mass is 9.94. The van der Waals surface area contributed by atoms with E-state index in [1.807, 2.05) is 18.2 Å². The third kappa shape index (κ3) is 4.27. The summed E-state index contributed by atoms with van der Waals surface area (Å²) in [5, 5.41) is 6.22. The number of carbonyl (C=O) groups excluding carboxylic acids is 1. The molecular weight excluding hydrogens is 350 g/mol. The molecule has 0 spiro atoms. The number of benzene rings is 1. The number of piperidine rings is 2. The van der Waals surface area contributed by atoms with Gasteiger partial charge in [-0.25, -0.2) is 8.42 Å². The molecule has 0 bridgehead atoms. The summed E-state index contributed by atoms with van der Waals surface area (Å²) in [5.74, 6) is -0.312. The lowest BCUT2D eigenvalue weighted by Crippen LogP contribution is -2.60. The average Bonchev–Trinajstić information content (AvgIpc) is 2.62. The van der Waals surface area contributed by atoms with E-state index in [2.05, 4.69) is 27.7 Å². The second-order valence-electron chi connectivity index (χ2n) is 7.55. The van der Waals surface area contributed by atoms with E-state index < -0.39 is 14.6 Å². The maximum absolute atomic E-state index is 13.0. The molecule has 6 nitrogen and oxygen atoms in total. The number of sulfone groups is 1. The molecule has 1 aromatic rings. The van der Waals surface area contributed by atoms with Crippen LogP contribution in [0.1, 0.15) is 31.2 Å². The molecule has 2 aliphatic rings. The minimum Gasteiger partial charge on any atom is -0.351 e. The highest BCUT2D eigenvalue weighted by Gasteiger charge is 2.49. The van der Waals surface area contributed by atoms with Crippen molar-refractivity contribution in [3.05, 3.63) is 35.9 Å². The minimum absolute atomic E-state index is 0.00785. The number of nitrogens with one attached hydrogen (secondary N) is 2. The maximum Gasteiger partial charge on any atom is 0.241 e. The number of likely N-dealkylation sites (tertiary alicyclic amines) is 1. The molecule has 3 rings (SSSR count). The number of carbonyl (C=O) groups is 1. The summed E-state index contributed by atoms with van der Waals surface area (Å²) in [7, 11) is -3.47. The second kappa shape index (κ2) is 8.06. The summed E-state index contributed by atoms with van der Waals surface area (Å²) in [6, 6.07) is 10.3. The van der Waals surface area contributed by atoms with E-state index in [4.69, 9.17) is 0 Å². The van der Waals surface area contributed by atoms with Gasteiger partial charge >= 0.3 is 0 Å². The average molecular weight is 380 g/mol. The minimum atomic E-state index is -3.47. The van der Waals surface area contributed by atoms with Crippen LogP contribution in [0.5, 0.6) is 0 Å². The Hall–Kier alpha value is -1.44. The van der Waals surface area contributed by atoms with Crippen molar-refractivity contribution >= 4 is 15.7 Å². The second-order valence-corrected chi connectivity index (χ2v) is 9.88. The van der Waals surface area contributed by atoms with Crippen LogP contribution in [0.4, 0.5) is 0 Å². The highest BCUT2D eigenvalue weighted by molar-refractivity contribution is 7.92. The molecule has 2 aliphatic heterocycles. The van der Waals surface area contributed by atoms with Crippen molar-refractivity contribution in [1.82, 2.24) is 15.5 Å². The molecule has 1 atom stereocenters. The molecule has 2 N–H and O–H groups in total. The predicted octanol–water partition coefficient (Wildman–Crippen LogP) is 0.934. The Balaban J connectivity index is 1.64. The van der Waals surface area contributed by atoms with Crippen molar-refractivity contribution in [3.8, 4) is 0 Å². The van der Waals surface area contributed by atoms with Crippen LogP contribution in [-0.2, 0) is 21.2 Å². The van der Waals surface area contributed by atoms with Gasteiger partial charge in [-0.05, 0) is 50.9 Å². The van der Waals surface area contributed by atoms with Gasteiger partial charge in [0.05, 0.1) is 0 Å². The monoisotopic (exact) mass is 379 g/mol. The zero-order valence-corrected chi connectivity index (χ0v) is 16.2. The van der Waals surface area contributed by atoms with Gasteiger partial charge in [0.15, 0.2) is 14.6 Å². The van der Waals surface area contributed by atoms with Gasteiger partial charge in [0.2, 0.25) is 5.91 Å². The molecule has 2 heterocycles. The molecule has 26 heavy (non-hydrogen) atoms. The summed E-state index contributed by atoms with van der Waals surface area (Å²) in [6.45, 7) is 3.74. The summed E-state index contributed by atoms with van der Waals surface area (Å²) >= 11 is 0. The van der Waals surface area contributed by atoms with Gasteiger partial charge in [-0.1, -0.05) is 30.3 Å². The van der Waals surface area contributed by atoms with E-state index in [0.717, 1.165) is 32.5 Å². The van der Waals surface area contributed by atoms with Crippen LogP contribution < -0.4 is 10.6 Å². The third-order valence-corrected chi connectivity index (χ3v) is 7.64. The van der Waals surface area contributed by atoms with E-state index in [-0.39, 0.29) is 11.9 Å². The van der Waals surface area contributed by atoms with Crippen LogP contribution in [0, 0.1) is 0 Å². The molecule has 1 amide bonds. The summed E-state index contributed by atoms with van der Waals surface area (Å²) in [5.41, 5.74) is 1.26. The highest BCUT2D eigenvalue weighted by atomic mass is 32.2. The lowest BCUT2D eigenvalue weighted by Gasteiger charge is -2.38. The molecule has 144 valence electrons. The van der Waals surface area contributed by atoms with Crippen molar-refractivity contribution in [2.45, 2.75) is 43.0 Å². The van der Waals surface area contributed by atoms with Crippen LogP contribution in [-0.4, -0.2) is 62.4 Å². The molecule has 2 fully saturated rings. The first-order chi connectivity index (χ1) is 12.4. The van der Waals surface area contributed by atoms with Crippen molar-refractivity contribution in [1.29, 1.82) is 0 Å². The van der Waals surface area contributed by atoms with Crippen LogP contribution >= 0.6 is 0 Å². The zero-order chi connectivity index (χ0) is 18.6. The maximum atomic E-state index is 13.0. The molecule has 0 aromatic heterocycles. The SMILES string of the molecule is CS(=O)(=O)C1(C(=O)NC2CCCN(Cc3ccccc3)C2)CCNCC1. The lowest BCUT2D eigenvalue weighted by molar-refractivity contribution is -0.125. The standard InChI is InChI=1S/C19H29N3O3S/c1-26(24,25)19(9-11-20-12-10-19)18(23)21-17-8-5-13-22(15-17)14-16-6-3-2-4-7-16/h2-4,6-7,17,20H,5,8-15H2,1H3,(H,21,23). The predicted molar refractivity (Wildman–Crippen MR) is 103 cm³/mol. The smallest absolute Gasteiger partial charge is 0.241 e. The Labute approximate surface area is 156 Å². The normalized spacial score (nSPS) is 24.1. The fraction of sp³-hybridized carbons (Fsp3) is 0.632. The van der Waals surface area contributed by atoms with E-state index >= 15 is 0 Å². The summed E-state index contributed by atoms with van der Waals surface area (Å²) < 4.78 is 23.5. The first-order valence-electron chi connectivity index (χ1n) is 9.38. The molecule has 0 aliphatic carbocycles.